The van der Waals surface area contributed by atoms with E-state index in [2.05, 4.69) is 4.74 Å². The van der Waals surface area contributed by atoms with Crippen LogP contribution >= 0.6 is 23.7 Å². The number of hydrogen-bond donors (Lipinski definition) is 1. The van der Waals surface area contributed by atoms with E-state index in [1.54, 1.807) is 17.4 Å². The van der Waals surface area contributed by atoms with Crippen molar-refractivity contribution >= 4 is 29.7 Å². The zero-order valence-corrected chi connectivity index (χ0v) is 9.36. The van der Waals surface area contributed by atoms with Crippen LogP contribution in [0.5, 0.6) is 0 Å². The Morgan fingerprint density at radius 1 is 1.71 bits per heavy atom. The van der Waals surface area contributed by atoms with Gasteiger partial charge in [-0.3, -0.25) is 0 Å². The minimum absolute atomic E-state index is 0. The van der Waals surface area contributed by atoms with Gasteiger partial charge < -0.3 is 10.5 Å². The van der Waals surface area contributed by atoms with Crippen molar-refractivity contribution in [3.8, 4) is 0 Å². The van der Waals surface area contributed by atoms with Gasteiger partial charge in [-0.05, 0) is 17.9 Å². The molecule has 2 rings (SSSR count). The number of halogens is 1. The van der Waals surface area contributed by atoms with Crippen LogP contribution in [-0.2, 0) is 4.74 Å². The van der Waals surface area contributed by atoms with Gasteiger partial charge in [-0.15, -0.1) is 23.7 Å². The van der Waals surface area contributed by atoms with E-state index in [1.165, 1.54) is 7.11 Å². The number of esters is 1. The molecule has 2 atom stereocenters. The molecule has 0 aromatic carbocycles. The van der Waals surface area contributed by atoms with Crippen molar-refractivity contribution in [3.05, 3.63) is 21.9 Å². The Kier molecular flexibility index (Phi) is 3.53. The molecule has 0 amide bonds. The first-order chi connectivity index (χ1) is 6.24. The molecule has 78 valence electrons. The molecule has 1 aliphatic carbocycles. The molecule has 1 heterocycles. The molecule has 1 fully saturated rings. The van der Waals surface area contributed by atoms with E-state index in [9.17, 15) is 4.79 Å². The summed E-state index contributed by atoms with van der Waals surface area (Å²) in [7, 11) is 1.40. The first-order valence-electron chi connectivity index (χ1n) is 4.15. The maximum atomic E-state index is 11.3. The highest BCUT2D eigenvalue weighted by atomic mass is 35.5. The molecule has 0 aliphatic heterocycles. The number of carbonyl (C=O) groups is 1. The highest BCUT2D eigenvalue weighted by Gasteiger charge is 2.38. The lowest BCUT2D eigenvalue weighted by atomic mass is 10.2. The number of ether oxygens (including phenoxy) is 1. The molecule has 0 spiro atoms. The quantitative estimate of drug-likeness (QED) is 0.793. The molecule has 3 nitrogen and oxygen atoms in total. The van der Waals surface area contributed by atoms with Crippen LogP contribution in [0.3, 0.4) is 0 Å². The van der Waals surface area contributed by atoms with E-state index in [0.717, 1.165) is 11.3 Å². The topological polar surface area (TPSA) is 52.3 Å². The standard InChI is InChI=1S/C9H11NO2S.ClH/c1-12-9(11)5-2-3-13-8(5)6-4-7(6)10;/h2-3,6-7H,4,10H2,1H3;1H. The van der Waals surface area contributed by atoms with Crippen LogP contribution < -0.4 is 5.73 Å². The molecule has 0 radical (unpaired) electrons. The van der Waals surface area contributed by atoms with Crippen LogP contribution in [0.15, 0.2) is 11.4 Å². The van der Waals surface area contributed by atoms with Crippen LogP contribution in [0.4, 0.5) is 0 Å². The first-order valence-corrected chi connectivity index (χ1v) is 5.03. The Balaban J connectivity index is 0.000000980. The van der Waals surface area contributed by atoms with Crippen LogP contribution in [-0.4, -0.2) is 19.1 Å². The predicted molar refractivity (Wildman–Crippen MR) is 58.2 cm³/mol. The van der Waals surface area contributed by atoms with Crippen molar-refractivity contribution in [2.45, 2.75) is 18.4 Å². The average molecular weight is 234 g/mol. The Morgan fingerprint density at radius 3 is 2.86 bits per heavy atom. The number of carbonyl (C=O) groups excluding carboxylic acids is 1. The Labute approximate surface area is 92.7 Å². The van der Waals surface area contributed by atoms with Gasteiger partial charge in [0.05, 0.1) is 12.7 Å². The summed E-state index contributed by atoms with van der Waals surface area (Å²) in [6.07, 6.45) is 0.991. The average Bonchev–Trinajstić information content (AvgIpc) is 2.69. The summed E-state index contributed by atoms with van der Waals surface area (Å²) < 4.78 is 4.68. The normalized spacial score (nSPS) is 23.9. The molecule has 1 aliphatic rings. The Morgan fingerprint density at radius 2 is 2.36 bits per heavy atom. The summed E-state index contributed by atoms with van der Waals surface area (Å²) in [5.74, 6) is 0.129. The molecule has 14 heavy (non-hydrogen) atoms. The van der Waals surface area contributed by atoms with Crippen molar-refractivity contribution in [3.63, 3.8) is 0 Å². The monoisotopic (exact) mass is 233 g/mol. The fraction of sp³-hybridized carbons (Fsp3) is 0.444. The van der Waals surface area contributed by atoms with E-state index in [1.807, 2.05) is 5.38 Å². The van der Waals surface area contributed by atoms with Gasteiger partial charge >= 0.3 is 5.97 Å². The zero-order valence-electron chi connectivity index (χ0n) is 7.73. The fourth-order valence-electron chi connectivity index (χ4n) is 1.40. The molecule has 5 heteroatoms. The van der Waals surface area contributed by atoms with E-state index < -0.39 is 0 Å². The highest BCUT2D eigenvalue weighted by Crippen LogP contribution is 2.43. The van der Waals surface area contributed by atoms with Crippen molar-refractivity contribution in [1.29, 1.82) is 0 Å². The molecule has 1 aromatic rings. The molecule has 1 aromatic heterocycles. The SMILES string of the molecule is COC(=O)c1ccsc1C1CC1N.Cl. The van der Waals surface area contributed by atoms with Crippen molar-refractivity contribution in [2.24, 2.45) is 5.73 Å². The van der Waals surface area contributed by atoms with Crippen LogP contribution in [0.2, 0.25) is 0 Å². The van der Waals surface area contributed by atoms with Gasteiger partial charge in [-0.1, -0.05) is 0 Å². The molecule has 1 saturated carbocycles. The van der Waals surface area contributed by atoms with Gasteiger partial charge in [0.15, 0.2) is 0 Å². The summed E-state index contributed by atoms with van der Waals surface area (Å²) in [4.78, 5) is 12.4. The van der Waals surface area contributed by atoms with Crippen LogP contribution in [0.1, 0.15) is 27.6 Å². The van der Waals surface area contributed by atoms with Gasteiger partial charge in [0.1, 0.15) is 0 Å². The van der Waals surface area contributed by atoms with Crippen LogP contribution in [0.25, 0.3) is 0 Å². The predicted octanol–water partition coefficient (Wildman–Crippen LogP) is 1.77. The van der Waals surface area contributed by atoms with E-state index in [4.69, 9.17) is 5.73 Å². The summed E-state index contributed by atoms with van der Waals surface area (Å²) >= 11 is 1.59. The van der Waals surface area contributed by atoms with E-state index in [-0.39, 0.29) is 24.4 Å². The summed E-state index contributed by atoms with van der Waals surface area (Å²) in [6.45, 7) is 0. The summed E-state index contributed by atoms with van der Waals surface area (Å²) in [5, 5.41) is 1.91. The third-order valence-corrected chi connectivity index (χ3v) is 3.33. The molecular weight excluding hydrogens is 222 g/mol. The number of hydrogen-bond acceptors (Lipinski definition) is 4. The fourth-order valence-corrected chi connectivity index (χ4v) is 2.48. The smallest absolute Gasteiger partial charge is 0.338 e. The van der Waals surface area contributed by atoms with Gasteiger partial charge in [0.25, 0.3) is 0 Å². The van der Waals surface area contributed by atoms with Crippen LogP contribution in [0, 0.1) is 0 Å². The molecular formula is C9H12ClNO2S. The largest absolute Gasteiger partial charge is 0.465 e. The summed E-state index contributed by atoms with van der Waals surface area (Å²) in [5.41, 5.74) is 6.41. The maximum absolute atomic E-state index is 11.3. The zero-order chi connectivity index (χ0) is 9.42. The number of methoxy groups -OCH3 is 1. The second kappa shape index (κ2) is 4.29. The third kappa shape index (κ3) is 1.92. The highest BCUT2D eigenvalue weighted by molar-refractivity contribution is 7.10. The van der Waals surface area contributed by atoms with Gasteiger partial charge in [0.2, 0.25) is 0 Å². The molecule has 2 N–H and O–H groups in total. The summed E-state index contributed by atoms with van der Waals surface area (Å²) in [6, 6.07) is 2.04. The first kappa shape index (κ1) is 11.5. The minimum atomic E-state index is -0.254. The Bertz CT molecular complexity index is 339. The Hall–Kier alpha value is -0.580. The maximum Gasteiger partial charge on any atom is 0.338 e. The van der Waals surface area contributed by atoms with Crippen molar-refractivity contribution in [2.75, 3.05) is 7.11 Å². The van der Waals surface area contributed by atoms with Gasteiger partial charge in [-0.25, -0.2) is 4.79 Å². The molecule has 0 bridgehead atoms. The molecule has 2 unspecified atom stereocenters. The van der Waals surface area contributed by atoms with Crippen molar-refractivity contribution in [1.82, 2.24) is 0 Å². The van der Waals surface area contributed by atoms with Gasteiger partial charge in [0, 0.05) is 16.8 Å². The lowest BCUT2D eigenvalue weighted by Crippen LogP contribution is -2.05. The van der Waals surface area contributed by atoms with Crippen molar-refractivity contribution < 1.29 is 9.53 Å². The number of rotatable bonds is 2. The number of thiophene rings is 1. The number of nitrogens with two attached hydrogens (primary N) is 1. The molecule has 0 saturated heterocycles. The second-order valence-corrected chi connectivity index (χ2v) is 4.14. The second-order valence-electron chi connectivity index (χ2n) is 3.20. The lowest BCUT2D eigenvalue weighted by Gasteiger charge is -1.99. The van der Waals surface area contributed by atoms with Gasteiger partial charge in [-0.2, -0.15) is 0 Å². The minimum Gasteiger partial charge on any atom is -0.465 e. The van der Waals surface area contributed by atoms with E-state index >= 15 is 0 Å². The lowest BCUT2D eigenvalue weighted by molar-refractivity contribution is 0.0600. The third-order valence-electron chi connectivity index (χ3n) is 2.28. The van der Waals surface area contributed by atoms with E-state index in [0.29, 0.717) is 11.5 Å².